The molecule has 0 radical (unpaired) electrons. The van der Waals surface area contributed by atoms with Crippen molar-refractivity contribution < 1.29 is 14.7 Å². The van der Waals surface area contributed by atoms with Gasteiger partial charge in [-0.05, 0) is 30.4 Å². The van der Waals surface area contributed by atoms with Gasteiger partial charge in [0.05, 0.1) is 5.69 Å². The average Bonchev–Trinajstić information content (AvgIpc) is 3.01. The lowest BCUT2D eigenvalue weighted by Gasteiger charge is -2.26. The van der Waals surface area contributed by atoms with Gasteiger partial charge in [-0.1, -0.05) is 39.0 Å². The lowest BCUT2D eigenvalue weighted by molar-refractivity contribution is -0.313. The van der Waals surface area contributed by atoms with E-state index in [0.29, 0.717) is 12.2 Å². The Bertz CT molecular complexity index is 710. The molecule has 0 aliphatic rings. The Labute approximate surface area is 147 Å². The number of carboxylic acid groups (broad SMARTS) is 1. The summed E-state index contributed by atoms with van der Waals surface area (Å²) in [5.41, 5.74) is 0.894. The fourth-order valence-electron chi connectivity index (χ4n) is 2.81. The molecule has 1 amide bonds. The van der Waals surface area contributed by atoms with E-state index >= 15 is 0 Å². The number of amides is 1. The molecule has 0 saturated heterocycles. The standard InChI is InChI=1S/C19H25N3O3/c1-13(2)11-16(19(24)25)14(3)12-18(23)20-17-9-10-22(21-17)15-7-5-4-6-8-15/h4-10,13-14,16H,11-12H2,1-3H3,(H,24,25)(H,20,21,23)/p-1/t14-,16-/m0/s1. The van der Waals surface area contributed by atoms with Crippen molar-refractivity contribution in [1.82, 2.24) is 9.78 Å². The number of benzene rings is 1. The van der Waals surface area contributed by atoms with Gasteiger partial charge in [0.15, 0.2) is 5.82 Å². The first-order valence-corrected chi connectivity index (χ1v) is 8.48. The number of nitrogens with one attached hydrogen (secondary N) is 1. The highest BCUT2D eigenvalue weighted by Gasteiger charge is 2.22. The predicted molar refractivity (Wildman–Crippen MR) is 93.9 cm³/mol. The van der Waals surface area contributed by atoms with Crippen LogP contribution in [0.15, 0.2) is 42.6 Å². The maximum absolute atomic E-state index is 12.2. The Kier molecular flexibility index (Phi) is 6.33. The van der Waals surface area contributed by atoms with Crippen LogP contribution in [-0.4, -0.2) is 21.7 Å². The number of rotatable bonds is 8. The molecular weight excluding hydrogens is 318 g/mol. The number of carbonyl (C=O) groups is 2. The Morgan fingerprint density at radius 3 is 2.44 bits per heavy atom. The van der Waals surface area contributed by atoms with Crippen molar-refractivity contribution in [3.8, 4) is 5.69 Å². The quantitative estimate of drug-likeness (QED) is 0.797. The van der Waals surface area contributed by atoms with Crippen LogP contribution in [0.3, 0.4) is 0 Å². The summed E-state index contributed by atoms with van der Waals surface area (Å²) in [6.45, 7) is 5.68. The van der Waals surface area contributed by atoms with Gasteiger partial charge in [0.25, 0.3) is 0 Å². The van der Waals surface area contributed by atoms with Crippen LogP contribution >= 0.6 is 0 Å². The molecule has 1 aromatic carbocycles. The Hall–Kier alpha value is -2.63. The van der Waals surface area contributed by atoms with E-state index in [2.05, 4.69) is 10.4 Å². The molecule has 6 heteroatoms. The molecule has 1 aromatic heterocycles. The van der Waals surface area contributed by atoms with Crippen molar-refractivity contribution in [2.24, 2.45) is 17.8 Å². The minimum atomic E-state index is -1.10. The molecule has 1 heterocycles. The van der Waals surface area contributed by atoms with Crippen molar-refractivity contribution in [1.29, 1.82) is 0 Å². The highest BCUT2D eigenvalue weighted by Crippen LogP contribution is 2.23. The first-order chi connectivity index (χ1) is 11.9. The average molecular weight is 342 g/mol. The summed E-state index contributed by atoms with van der Waals surface area (Å²) < 4.78 is 1.67. The first-order valence-electron chi connectivity index (χ1n) is 8.48. The highest BCUT2D eigenvalue weighted by atomic mass is 16.4. The Morgan fingerprint density at radius 2 is 1.84 bits per heavy atom. The molecule has 134 valence electrons. The summed E-state index contributed by atoms with van der Waals surface area (Å²) in [5.74, 6) is -1.61. The fourth-order valence-corrected chi connectivity index (χ4v) is 2.81. The number of aliphatic carboxylic acids is 1. The summed E-state index contributed by atoms with van der Waals surface area (Å²) in [5, 5.41) is 18.4. The van der Waals surface area contributed by atoms with Gasteiger partial charge in [0.1, 0.15) is 0 Å². The van der Waals surface area contributed by atoms with Crippen LogP contribution in [0.1, 0.15) is 33.6 Å². The monoisotopic (exact) mass is 342 g/mol. The highest BCUT2D eigenvalue weighted by molar-refractivity contribution is 5.90. The first kappa shape index (κ1) is 18.7. The maximum atomic E-state index is 12.2. The third kappa shape index (κ3) is 5.45. The van der Waals surface area contributed by atoms with Crippen LogP contribution in [0, 0.1) is 17.8 Å². The molecule has 1 N–H and O–H groups in total. The lowest BCUT2D eigenvalue weighted by Crippen LogP contribution is -2.37. The van der Waals surface area contributed by atoms with Crippen LogP contribution in [-0.2, 0) is 9.59 Å². The molecular formula is C19H24N3O3-. The summed E-state index contributed by atoms with van der Waals surface area (Å²) in [4.78, 5) is 23.5. The van der Waals surface area contributed by atoms with Crippen molar-refractivity contribution >= 4 is 17.7 Å². The number of hydrogen-bond donors (Lipinski definition) is 1. The number of anilines is 1. The molecule has 0 aliphatic carbocycles. The molecule has 0 bridgehead atoms. The molecule has 0 spiro atoms. The van der Waals surface area contributed by atoms with Crippen molar-refractivity contribution in [3.63, 3.8) is 0 Å². The van der Waals surface area contributed by atoms with E-state index in [0.717, 1.165) is 5.69 Å². The van der Waals surface area contributed by atoms with E-state index in [-0.39, 0.29) is 24.2 Å². The normalized spacial score (nSPS) is 13.4. The van der Waals surface area contributed by atoms with E-state index in [4.69, 9.17) is 0 Å². The van der Waals surface area contributed by atoms with Crippen LogP contribution in [0.5, 0.6) is 0 Å². The minimum absolute atomic E-state index is 0.115. The van der Waals surface area contributed by atoms with Crippen molar-refractivity contribution in [2.45, 2.75) is 33.6 Å². The number of aromatic nitrogens is 2. The molecule has 25 heavy (non-hydrogen) atoms. The number of carboxylic acids is 1. The second-order valence-corrected chi connectivity index (χ2v) is 6.77. The van der Waals surface area contributed by atoms with Gasteiger partial charge < -0.3 is 15.2 Å². The Morgan fingerprint density at radius 1 is 1.16 bits per heavy atom. The van der Waals surface area contributed by atoms with E-state index in [1.807, 2.05) is 44.2 Å². The Balaban J connectivity index is 1.96. The third-order valence-electron chi connectivity index (χ3n) is 4.10. The van der Waals surface area contributed by atoms with Gasteiger partial charge in [-0.25, -0.2) is 4.68 Å². The molecule has 0 saturated carbocycles. The van der Waals surface area contributed by atoms with Crippen molar-refractivity contribution in [2.75, 3.05) is 5.32 Å². The van der Waals surface area contributed by atoms with Crippen LogP contribution in [0.25, 0.3) is 5.69 Å². The van der Waals surface area contributed by atoms with E-state index in [9.17, 15) is 14.7 Å². The number of hydrogen-bond acceptors (Lipinski definition) is 4. The largest absolute Gasteiger partial charge is 0.550 e. The third-order valence-corrected chi connectivity index (χ3v) is 4.10. The molecule has 0 unspecified atom stereocenters. The molecule has 6 nitrogen and oxygen atoms in total. The number of carbonyl (C=O) groups excluding carboxylic acids is 2. The maximum Gasteiger partial charge on any atom is 0.225 e. The zero-order valence-corrected chi connectivity index (χ0v) is 14.8. The smallest absolute Gasteiger partial charge is 0.225 e. The van der Waals surface area contributed by atoms with Gasteiger partial charge >= 0.3 is 0 Å². The van der Waals surface area contributed by atoms with Crippen LogP contribution < -0.4 is 10.4 Å². The second-order valence-electron chi connectivity index (χ2n) is 6.77. The van der Waals surface area contributed by atoms with Gasteiger partial charge in [-0.2, -0.15) is 5.10 Å². The van der Waals surface area contributed by atoms with Gasteiger partial charge in [-0.3, -0.25) is 4.79 Å². The molecule has 2 aromatic rings. The summed E-state index contributed by atoms with van der Waals surface area (Å²) in [7, 11) is 0. The molecule has 2 rings (SSSR count). The summed E-state index contributed by atoms with van der Waals surface area (Å²) in [6, 6.07) is 11.3. The topological polar surface area (TPSA) is 87.0 Å². The lowest BCUT2D eigenvalue weighted by atomic mass is 9.84. The fraction of sp³-hybridized carbons (Fsp3) is 0.421. The second kappa shape index (κ2) is 8.46. The van der Waals surface area contributed by atoms with Crippen molar-refractivity contribution in [3.05, 3.63) is 42.6 Å². The van der Waals surface area contributed by atoms with E-state index in [1.165, 1.54) is 0 Å². The SMILES string of the molecule is CC(C)C[C@H](C(=O)[O-])[C@@H](C)CC(=O)Nc1ccn(-c2ccccc2)n1. The number of nitrogens with zero attached hydrogens (tertiary/aromatic N) is 2. The molecule has 0 fully saturated rings. The van der Waals surface area contributed by atoms with Gasteiger partial charge in [0.2, 0.25) is 5.91 Å². The zero-order valence-electron chi connectivity index (χ0n) is 14.8. The zero-order chi connectivity index (χ0) is 18.4. The van der Waals surface area contributed by atoms with E-state index < -0.39 is 11.9 Å². The van der Waals surface area contributed by atoms with E-state index in [1.54, 1.807) is 23.9 Å². The molecule has 0 aliphatic heterocycles. The molecule has 2 atom stereocenters. The van der Waals surface area contributed by atoms with Gasteiger partial charge in [-0.15, -0.1) is 0 Å². The number of para-hydroxylation sites is 1. The minimum Gasteiger partial charge on any atom is -0.550 e. The van der Waals surface area contributed by atoms with Gasteiger partial charge in [0, 0.05) is 30.6 Å². The van der Waals surface area contributed by atoms with Crippen LogP contribution in [0.4, 0.5) is 5.82 Å². The summed E-state index contributed by atoms with van der Waals surface area (Å²) >= 11 is 0. The summed E-state index contributed by atoms with van der Waals surface area (Å²) in [6.07, 6.45) is 2.38. The predicted octanol–water partition coefficient (Wildman–Crippen LogP) is 2.25. The van der Waals surface area contributed by atoms with Crippen LogP contribution in [0.2, 0.25) is 0 Å².